The molecule has 1 rings (SSSR count). The summed E-state index contributed by atoms with van der Waals surface area (Å²) in [5.41, 5.74) is 0. The molecule has 1 atom stereocenters. The Morgan fingerprint density at radius 3 is 2.56 bits per heavy atom. The molecule has 0 bridgehead atoms. The van der Waals surface area contributed by atoms with Crippen molar-refractivity contribution in [3.05, 3.63) is 0 Å². The Balaban J connectivity index is 2.12. The molecule has 0 aliphatic carbocycles. The van der Waals surface area contributed by atoms with E-state index >= 15 is 0 Å². The van der Waals surface area contributed by atoms with Crippen LogP contribution < -0.4 is 10.0 Å². The van der Waals surface area contributed by atoms with Crippen LogP contribution >= 0.6 is 0 Å². The summed E-state index contributed by atoms with van der Waals surface area (Å²) in [7, 11) is -1.00. The Hall–Kier alpha value is -0.620. The third kappa shape index (κ3) is 4.94. The first kappa shape index (κ1) is 13.4. The third-order valence-electron chi connectivity index (χ3n) is 2.78. The van der Waals surface area contributed by atoms with Gasteiger partial charge in [-0.25, -0.2) is 13.7 Å². The molecular weight excluding hydrogens is 226 g/mol. The topological polar surface area (TPSA) is 61.4 Å². The summed E-state index contributed by atoms with van der Waals surface area (Å²) < 4.78 is 13.5. The lowest BCUT2D eigenvalue weighted by atomic mass is 10.00. The van der Waals surface area contributed by atoms with Crippen LogP contribution in [0.2, 0.25) is 0 Å². The number of amides is 2. The van der Waals surface area contributed by atoms with Crippen molar-refractivity contribution in [2.75, 3.05) is 32.4 Å². The van der Waals surface area contributed by atoms with Gasteiger partial charge in [-0.3, -0.25) is 0 Å². The van der Waals surface area contributed by atoms with E-state index in [1.165, 1.54) is 0 Å². The summed E-state index contributed by atoms with van der Waals surface area (Å²) >= 11 is 0. The molecule has 0 aromatic rings. The van der Waals surface area contributed by atoms with E-state index in [-0.39, 0.29) is 6.03 Å². The monoisotopic (exact) mass is 247 g/mol. The molecule has 2 amide bonds. The second-order valence-electron chi connectivity index (χ2n) is 4.25. The van der Waals surface area contributed by atoms with Crippen molar-refractivity contribution >= 4 is 17.0 Å². The molecule has 0 radical (unpaired) electrons. The summed E-state index contributed by atoms with van der Waals surface area (Å²) in [5, 5.41) is 2.81. The fourth-order valence-electron chi connectivity index (χ4n) is 1.69. The first-order valence-corrected chi connectivity index (χ1v) is 7.25. The molecular formula is C10H21N3O2S. The van der Waals surface area contributed by atoms with Crippen molar-refractivity contribution in [1.29, 1.82) is 0 Å². The summed E-state index contributed by atoms with van der Waals surface area (Å²) in [4.78, 5) is 13.5. The van der Waals surface area contributed by atoms with Gasteiger partial charge in [0.05, 0.1) is 11.0 Å². The Morgan fingerprint density at radius 1 is 1.38 bits per heavy atom. The molecule has 1 heterocycles. The van der Waals surface area contributed by atoms with Crippen LogP contribution in [0.5, 0.6) is 0 Å². The van der Waals surface area contributed by atoms with Gasteiger partial charge in [0.1, 0.15) is 0 Å². The van der Waals surface area contributed by atoms with E-state index in [1.807, 2.05) is 4.90 Å². The van der Waals surface area contributed by atoms with E-state index < -0.39 is 11.0 Å². The van der Waals surface area contributed by atoms with Crippen LogP contribution in [-0.4, -0.2) is 47.6 Å². The highest BCUT2D eigenvalue weighted by atomic mass is 32.2. The zero-order chi connectivity index (χ0) is 12.0. The molecule has 0 aromatic heterocycles. The van der Waals surface area contributed by atoms with Crippen LogP contribution in [0, 0.1) is 5.92 Å². The molecule has 1 saturated heterocycles. The van der Waals surface area contributed by atoms with Crippen molar-refractivity contribution in [2.45, 2.75) is 19.8 Å². The summed E-state index contributed by atoms with van der Waals surface area (Å²) in [6.45, 7) is 4.97. The molecule has 1 fully saturated rings. The number of hydrogen-bond donors (Lipinski definition) is 2. The van der Waals surface area contributed by atoms with Gasteiger partial charge >= 0.3 is 6.03 Å². The van der Waals surface area contributed by atoms with E-state index in [4.69, 9.17) is 0 Å². The van der Waals surface area contributed by atoms with Gasteiger partial charge < -0.3 is 10.2 Å². The number of piperidine rings is 1. The van der Waals surface area contributed by atoms with E-state index in [9.17, 15) is 9.00 Å². The maximum atomic E-state index is 11.7. The molecule has 6 heteroatoms. The fourth-order valence-corrected chi connectivity index (χ4v) is 2.08. The zero-order valence-corrected chi connectivity index (χ0v) is 10.8. The number of urea groups is 1. The van der Waals surface area contributed by atoms with Gasteiger partial charge in [0.25, 0.3) is 0 Å². The van der Waals surface area contributed by atoms with E-state index in [2.05, 4.69) is 17.0 Å². The third-order valence-corrected chi connectivity index (χ3v) is 3.39. The Bertz CT molecular complexity index is 252. The highest BCUT2D eigenvalue weighted by molar-refractivity contribution is 7.82. The van der Waals surface area contributed by atoms with E-state index in [0.29, 0.717) is 13.1 Å². The lowest BCUT2D eigenvalue weighted by Crippen LogP contribution is -2.45. The SMILES string of the molecule is CC1CCN(C(=O)NCCNS(C)=O)CC1. The smallest absolute Gasteiger partial charge is 0.317 e. The first-order valence-electron chi connectivity index (χ1n) is 5.69. The minimum atomic E-state index is -1.00. The summed E-state index contributed by atoms with van der Waals surface area (Å²) in [5.74, 6) is 0.730. The van der Waals surface area contributed by atoms with Crippen LogP contribution in [0.1, 0.15) is 19.8 Å². The minimum Gasteiger partial charge on any atom is -0.337 e. The molecule has 1 aliphatic heterocycles. The van der Waals surface area contributed by atoms with Gasteiger partial charge in [-0.2, -0.15) is 0 Å². The van der Waals surface area contributed by atoms with Crippen LogP contribution in [0.15, 0.2) is 0 Å². The van der Waals surface area contributed by atoms with Gasteiger partial charge in [0.2, 0.25) is 0 Å². The van der Waals surface area contributed by atoms with Crippen molar-refractivity contribution in [3.8, 4) is 0 Å². The average Bonchev–Trinajstić information content (AvgIpc) is 2.25. The van der Waals surface area contributed by atoms with Crippen LogP contribution in [0.25, 0.3) is 0 Å². The van der Waals surface area contributed by atoms with Gasteiger partial charge in [0, 0.05) is 32.4 Å². The molecule has 5 nitrogen and oxygen atoms in total. The lowest BCUT2D eigenvalue weighted by Gasteiger charge is -2.30. The molecule has 16 heavy (non-hydrogen) atoms. The van der Waals surface area contributed by atoms with Gasteiger partial charge in [-0.15, -0.1) is 0 Å². The number of likely N-dealkylation sites (tertiary alicyclic amines) is 1. The van der Waals surface area contributed by atoms with Gasteiger partial charge in [-0.1, -0.05) is 6.92 Å². The summed E-state index contributed by atoms with van der Waals surface area (Å²) in [6, 6.07) is -0.00409. The Labute approximate surface area is 99.5 Å². The lowest BCUT2D eigenvalue weighted by molar-refractivity contribution is 0.174. The summed E-state index contributed by atoms with van der Waals surface area (Å²) in [6.07, 6.45) is 3.75. The van der Waals surface area contributed by atoms with Crippen molar-refractivity contribution in [3.63, 3.8) is 0 Å². The molecule has 0 saturated carbocycles. The fraction of sp³-hybridized carbons (Fsp3) is 0.900. The Kier molecular flexibility index (Phi) is 5.76. The van der Waals surface area contributed by atoms with E-state index in [1.54, 1.807) is 6.26 Å². The maximum Gasteiger partial charge on any atom is 0.317 e. The molecule has 1 aliphatic rings. The second-order valence-corrected chi connectivity index (χ2v) is 5.45. The predicted octanol–water partition coefficient (Wildman–Crippen LogP) is 0.311. The molecule has 0 aromatic carbocycles. The number of nitrogens with one attached hydrogen (secondary N) is 2. The highest BCUT2D eigenvalue weighted by Gasteiger charge is 2.19. The van der Waals surface area contributed by atoms with Crippen LogP contribution in [0.3, 0.4) is 0 Å². The van der Waals surface area contributed by atoms with Gasteiger partial charge in [0.15, 0.2) is 0 Å². The minimum absolute atomic E-state index is 0.00409. The first-order chi connectivity index (χ1) is 7.59. The number of rotatable bonds is 4. The Morgan fingerprint density at radius 2 is 2.00 bits per heavy atom. The van der Waals surface area contributed by atoms with Gasteiger partial charge in [-0.05, 0) is 18.8 Å². The predicted molar refractivity (Wildman–Crippen MR) is 65.4 cm³/mol. The number of nitrogens with zero attached hydrogens (tertiary/aromatic N) is 1. The average molecular weight is 247 g/mol. The van der Waals surface area contributed by atoms with Crippen LogP contribution in [-0.2, 0) is 11.0 Å². The number of carbonyl (C=O) groups is 1. The number of carbonyl (C=O) groups excluding carboxylic acids is 1. The van der Waals surface area contributed by atoms with Crippen LogP contribution in [0.4, 0.5) is 4.79 Å². The maximum absolute atomic E-state index is 11.7. The normalized spacial score (nSPS) is 19.5. The molecule has 2 N–H and O–H groups in total. The quantitative estimate of drug-likeness (QED) is 0.702. The largest absolute Gasteiger partial charge is 0.337 e. The number of hydrogen-bond acceptors (Lipinski definition) is 2. The van der Waals surface area contributed by atoms with E-state index in [0.717, 1.165) is 31.8 Å². The zero-order valence-electron chi connectivity index (χ0n) is 9.99. The standard InChI is InChI=1S/C10H21N3O2S/c1-9-3-7-13(8-4-9)10(14)11-5-6-12-16(2)15/h9,12H,3-8H2,1-2H3,(H,11,14). The molecule has 1 unspecified atom stereocenters. The molecule has 0 spiro atoms. The highest BCUT2D eigenvalue weighted by Crippen LogP contribution is 2.15. The second kappa shape index (κ2) is 6.85. The van der Waals surface area contributed by atoms with Crippen molar-refractivity contribution in [1.82, 2.24) is 14.9 Å². The molecule has 94 valence electrons. The van der Waals surface area contributed by atoms with Crippen molar-refractivity contribution in [2.24, 2.45) is 5.92 Å². The van der Waals surface area contributed by atoms with Crippen molar-refractivity contribution < 1.29 is 9.00 Å².